The summed E-state index contributed by atoms with van der Waals surface area (Å²) in [5.74, 6) is 6.95. The molecule has 0 aromatic heterocycles. The minimum absolute atomic E-state index is 0. The third-order valence-corrected chi connectivity index (χ3v) is 16.0. The Morgan fingerprint density at radius 3 is 1.57 bits per heavy atom. The van der Waals surface area contributed by atoms with Gasteiger partial charge >= 0.3 is 20.4 Å². The fraction of sp³-hybridized carbons (Fsp3) is 0.667. The molecule has 1 nitrogen and oxygen atoms in total. The Morgan fingerprint density at radius 2 is 1.18 bits per heavy atom. The molecule has 0 aliphatic heterocycles. The number of nitrogens with one attached hydrogen (secondary N) is 1. The molecule has 0 saturated heterocycles. The molecule has 220 valence electrons. The molecule has 10 rings (SSSR count). The van der Waals surface area contributed by atoms with Crippen molar-refractivity contribution in [3.63, 3.8) is 0 Å². The number of rotatable bonds is 6. The summed E-state index contributed by atoms with van der Waals surface area (Å²) in [5, 5.41) is 1.76. The van der Waals surface area contributed by atoms with Gasteiger partial charge in [0.25, 0.3) is 0 Å². The average Bonchev–Trinajstić information content (AvgIpc) is 2.88. The van der Waals surface area contributed by atoms with Crippen molar-refractivity contribution in [1.29, 1.82) is 0 Å². The molecule has 40 heavy (non-hydrogen) atoms. The SMILES string of the molecule is CCCCP(C12CC3CC(CC(C3)C1)C2)C12CC3CC(CC(C3)C1)C2.Cl.[NH-]c1ccccc1-c1[c-]cccc1.[Pd+2]. The predicted molar refractivity (Wildman–Crippen MR) is 170 cm³/mol. The summed E-state index contributed by atoms with van der Waals surface area (Å²) < 4.78 is 0. The number of benzene rings is 2. The van der Waals surface area contributed by atoms with Crippen LogP contribution >= 0.6 is 20.3 Å². The summed E-state index contributed by atoms with van der Waals surface area (Å²) in [7, 11) is 0.285. The molecule has 8 saturated carbocycles. The van der Waals surface area contributed by atoms with E-state index in [1.54, 1.807) is 95.7 Å². The van der Waals surface area contributed by atoms with Gasteiger partial charge in [0.05, 0.1) is 0 Å². The molecule has 4 heteroatoms. The van der Waals surface area contributed by atoms with Crippen LogP contribution < -0.4 is 0 Å². The fourth-order valence-electron chi connectivity index (χ4n) is 11.4. The van der Waals surface area contributed by atoms with Crippen LogP contribution in [0.3, 0.4) is 0 Å². The summed E-state index contributed by atoms with van der Waals surface area (Å²) >= 11 is 0. The summed E-state index contributed by atoms with van der Waals surface area (Å²) in [6.07, 6.45) is 24.6. The molecule has 0 radical (unpaired) electrons. The third kappa shape index (κ3) is 5.88. The predicted octanol–water partition coefficient (Wildman–Crippen LogP) is 11.5. The van der Waals surface area contributed by atoms with E-state index in [0.717, 1.165) is 56.9 Å². The first-order valence-electron chi connectivity index (χ1n) is 16.1. The summed E-state index contributed by atoms with van der Waals surface area (Å²) in [6, 6.07) is 18.4. The maximum absolute atomic E-state index is 7.69. The van der Waals surface area contributed by atoms with E-state index >= 15 is 0 Å². The van der Waals surface area contributed by atoms with Crippen molar-refractivity contribution in [3.05, 3.63) is 60.3 Å². The van der Waals surface area contributed by atoms with E-state index in [2.05, 4.69) is 13.0 Å². The maximum Gasteiger partial charge on any atom is 2.00 e. The zero-order chi connectivity index (χ0) is 25.7. The second-order valence-corrected chi connectivity index (χ2v) is 17.8. The minimum Gasteiger partial charge on any atom is -0.706 e. The first kappa shape index (κ1) is 31.1. The summed E-state index contributed by atoms with van der Waals surface area (Å²) in [4.78, 5) is 0. The van der Waals surface area contributed by atoms with E-state index in [0.29, 0.717) is 5.69 Å². The summed E-state index contributed by atoms with van der Waals surface area (Å²) in [6.45, 7) is 2.45. The van der Waals surface area contributed by atoms with Crippen LogP contribution in [-0.2, 0) is 20.4 Å². The van der Waals surface area contributed by atoms with Crippen molar-refractivity contribution in [2.75, 3.05) is 6.16 Å². The molecule has 8 aliphatic rings. The van der Waals surface area contributed by atoms with Gasteiger partial charge in [0, 0.05) is 0 Å². The minimum atomic E-state index is 0. The number of unbranched alkanes of at least 4 members (excludes halogenated alkanes) is 1. The molecule has 0 amide bonds. The van der Waals surface area contributed by atoms with Gasteiger partial charge in [0.1, 0.15) is 0 Å². The topological polar surface area (TPSA) is 23.8 Å². The van der Waals surface area contributed by atoms with E-state index in [1.165, 1.54) is 6.42 Å². The quantitative estimate of drug-likeness (QED) is 0.166. The van der Waals surface area contributed by atoms with E-state index in [9.17, 15) is 0 Å². The Bertz CT molecular complexity index is 1000. The number of halogens is 1. The van der Waals surface area contributed by atoms with Crippen molar-refractivity contribution in [2.24, 2.45) is 35.5 Å². The molecule has 0 spiro atoms. The number of hydrogen-bond acceptors (Lipinski definition) is 0. The van der Waals surface area contributed by atoms with Crippen LogP contribution in [0.15, 0.2) is 48.5 Å². The Balaban J connectivity index is 0.000000185. The van der Waals surface area contributed by atoms with E-state index in [-0.39, 0.29) is 40.8 Å². The first-order valence-corrected chi connectivity index (χ1v) is 17.6. The average molecular weight is 669 g/mol. The van der Waals surface area contributed by atoms with Gasteiger partial charge in [-0.05, 0) is 135 Å². The van der Waals surface area contributed by atoms with Crippen molar-refractivity contribution >= 4 is 26.0 Å². The Labute approximate surface area is 265 Å². The molecule has 8 bridgehead atoms. The smallest absolute Gasteiger partial charge is 0.706 e. The van der Waals surface area contributed by atoms with Crippen molar-refractivity contribution < 1.29 is 20.4 Å². The van der Waals surface area contributed by atoms with E-state index < -0.39 is 0 Å². The van der Waals surface area contributed by atoms with E-state index in [1.807, 2.05) is 42.5 Å². The molecule has 0 heterocycles. The monoisotopic (exact) mass is 667 g/mol. The summed E-state index contributed by atoms with van der Waals surface area (Å²) in [5.41, 5.74) is 10.1. The van der Waals surface area contributed by atoms with Crippen molar-refractivity contribution in [2.45, 2.75) is 107 Å². The van der Waals surface area contributed by atoms with Gasteiger partial charge in [-0.3, -0.25) is 0 Å². The van der Waals surface area contributed by atoms with Crippen LogP contribution in [0.4, 0.5) is 5.69 Å². The van der Waals surface area contributed by atoms with Gasteiger partial charge in [-0.2, -0.15) is 5.69 Å². The number of hydrogen-bond donors (Lipinski definition) is 0. The van der Waals surface area contributed by atoms with Gasteiger partial charge < -0.3 is 5.73 Å². The van der Waals surface area contributed by atoms with E-state index in [4.69, 9.17) is 5.73 Å². The molecular weight excluding hydrogens is 619 g/mol. The molecule has 0 atom stereocenters. The first-order chi connectivity index (χ1) is 18.5. The van der Waals surface area contributed by atoms with Crippen LogP contribution in [0.1, 0.15) is 96.8 Å². The zero-order valence-electron chi connectivity index (χ0n) is 24.4. The second kappa shape index (κ2) is 12.7. The molecule has 8 fully saturated rings. The standard InChI is InChI=1S/C24H39P.C12H9N.ClH.Pd/c1-2-3-4-25(23-11-17-5-18(12-23)7-19(6-17)13-23)24-14-20-8-21(15-24)10-22(9-20)16-24;13-12-9-5-4-8-11(12)10-6-2-1-3-7-10;;/h17-22H,2-16H2,1H3;1-6,8-9,13H;1H;/q;-2;;+2. The van der Waals surface area contributed by atoms with Gasteiger partial charge in [-0.25, -0.2) is 0 Å². The van der Waals surface area contributed by atoms with Crippen LogP contribution in [0, 0.1) is 41.6 Å². The molecular formula is C36H49ClNPPd. The molecule has 0 unspecified atom stereocenters. The molecule has 2 aromatic carbocycles. The largest absolute Gasteiger partial charge is 2.00 e. The van der Waals surface area contributed by atoms with Crippen LogP contribution in [0.5, 0.6) is 0 Å². The van der Waals surface area contributed by atoms with Gasteiger partial charge in [0.15, 0.2) is 0 Å². The van der Waals surface area contributed by atoms with Crippen molar-refractivity contribution in [3.8, 4) is 11.1 Å². The Hall–Kier alpha value is -0.378. The van der Waals surface area contributed by atoms with Crippen LogP contribution in [-0.4, -0.2) is 16.5 Å². The van der Waals surface area contributed by atoms with Gasteiger partial charge in [-0.15, -0.1) is 53.9 Å². The Morgan fingerprint density at radius 1 is 0.725 bits per heavy atom. The maximum atomic E-state index is 7.69. The molecule has 1 N–H and O–H groups in total. The van der Waals surface area contributed by atoms with Gasteiger partial charge in [-0.1, -0.05) is 45.5 Å². The fourth-order valence-corrected chi connectivity index (χ4v) is 16.8. The zero-order valence-corrected chi connectivity index (χ0v) is 27.6. The molecule has 2 aromatic rings. The second-order valence-electron chi connectivity index (χ2n) is 14.6. The van der Waals surface area contributed by atoms with Crippen LogP contribution in [0.2, 0.25) is 0 Å². The Kier molecular flexibility index (Phi) is 9.86. The molecule has 8 aliphatic carbocycles. The van der Waals surface area contributed by atoms with Crippen molar-refractivity contribution in [1.82, 2.24) is 0 Å². The third-order valence-electron chi connectivity index (χ3n) is 11.8. The van der Waals surface area contributed by atoms with Gasteiger partial charge in [0.2, 0.25) is 0 Å². The normalized spacial score (nSPS) is 38.5. The van der Waals surface area contributed by atoms with Crippen LogP contribution in [0.25, 0.3) is 16.9 Å².